The van der Waals surface area contributed by atoms with Gasteiger partial charge in [-0.3, -0.25) is 4.98 Å². The Morgan fingerprint density at radius 1 is 1.28 bits per heavy atom. The Bertz CT molecular complexity index is 539. The molecule has 1 heterocycles. The van der Waals surface area contributed by atoms with Crippen molar-refractivity contribution >= 4 is 0 Å². The summed E-state index contributed by atoms with van der Waals surface area (Å²) in [6, 6.07) is 11.7. The molecule has 0 saturated heterocycles. The maximum atomic E-state index is 9.73. The number of hydrogen-bond donors (Lipinski definition) is 1. The Hall–Kier alpha value is -1.87. The van der Waals surface area contributed by atoms with Crippen molar-refractivity contribution in [2.75, 3.05) is 0 Å². The van der Waals surface area contributed by atoms with Crippen LogP contribution in [-0.2, 0) is 13.0 Å². The summed E-state index contributed by atoms with van der Waals surface area (Å²) in [5.74, 6) is 0.841. The van der Waals surface area contributed by atoms with Crippen LogP contribution in [0.3, 0.4) is 0 Å². The molecule has 1 aromatic carbocycles. The minimum atomic E-state index is -0.301. The molecule has 0 aliphatic heterocycles. The van der Waals surface area contributed by atoms with Crippen molar-refractivity contribution < 1.29 is 9.84 Å². The molecule has 0 bridgehead atoms. The summed E-state index contributed by atoms with van der Waals surface area (Å²) < 4.78 is 5.71. The number of aromatic nitrogens is 1. The lowest BCUT2D eigenvalue weighted by molar-refractivity contribution is 0.180. The first-order chi connectivity index (χ1) is 8.83. The van der Waals surface area contributed by atoms with Gasteiger partial charge in [-0.15, -0.1) is 0 Å². The molecule has 0 unspecified atom stereocenters. The van der Waals surface area contributed by atoms with Crippen LogP contribution in [-0.4, -0.2) is 10.1 Å². The summed E-state index contributed by atoms with van der Waals surface area (Å²) in [5, 5.41) is 9.73. The Morgan fingerprint density at radius 3 is 3.06 bits per heavy atom. The molecule has 0 fully saturated rings. The largest absolute Gasteiger partial charge is 0.487 e. The van der Waals surface area contributed by atoms with Crippen LogP contribution in [0.5, 0.6) is 5.75 Å². The molecule has 3 heteroatoms. The lowest BCUT2D eigenvalue weighted by Crippen LogP contribution is -1.98. The molecule has 0 amide bonds. The minimum Gasteiger partial charge on any atom is -0.487 e. The number of ether oxygens (including phenoxy) is 1. The second-order valence-corrected chi connectivity index (χ2v) is 4.52. The van der Waals surface area contributed by atoms with Crippen LogP contribution in [0.2, 0.25) is 0 Å². The summed E-state index contributed by atoms with van der Waals surface area (Å²) >= 11 is 0. The third-order valence-electron chi connectivity index (χ3n) is 3.27. The Morgan fingerprint density at radius 2 is 2.22 bits per heavy atom. The molecule has 92 valence electrons. The maximum Gasteiger partial charge on any atom is 0.130 e. The third kappa shape index (κ3) is 2.22. The highest BCUT2D eigenvalue weighted by Gasteiger charge is 2.20. The van der Waals surface area contributed by atoms with Crippen LogP contribution in [0.4, 0.5) is 0 Å². The van der Waals surface area contributed by atoms with Crippen LogP contribution in [0.1, 0.15) is 29.3 Å². The number of rotatable bonds is 3. The monoisotopic (exact) mass is 241 g/mol. The first-order valence-corrected chi connectivity index (χ1v) is 6.16. The summed E-state index contributed by atoms with van der Waals surface area (Å²) in [6.45, 7) is 0.474. The van der Waals surface area contributed by atoms with Crippen LogP contribution in [0.25, 0.3) is 0 Å². The van der Waals surface area contributed by atoms with Gasteiger partial charge in [-0.05, 0) is 48.2 Å². The number of hydrogen-bond acceptors (Lipinski definition) is 3. The van der Waals surface area contributed by atoms with E-state index in [0.29, 0.717) is 6.61 Å². The van der Waals surface area contributed by atoms with Crippen molar-refractivity contribution in [3.05, 3.63) is 59.4 Å². The van der Waals surface area contributed by atoms with Gasteiger partial charge in [-0.2, -0.15) is 0 Å². The number of fused-ring (bicyclic) bond motifs is 1. The maximum absolute atomic E-state index is 9.73. The van der Waals surface area contributed by atoms with Gasteiger partial charge < -0.3 is 9.84 Å². The molecule has 0 saturated carbocycles. The summed E-state index contributed by atoms with van der Waals surface area (Å²) in [5.41, 5.74) is 3.15. The standard InChI is InChI=1S/C15H15NO2/c17-15-7-4-11-9-13(5-6-14(11)15)18-10-12-3-1-2-8-16-12/h1-3,5-6,8-9,15,17H,4,7,10H2/t15-/m1/s1. The van der Waals surface area contributed by atoms with Crippen molar-refractivity contribution in [2.45, 2.75) is 25.6 Å². The molecule has 3 nitrogen and oxygen atoms in total. The van der Waals surface area contributed by atoms with Gasteiger partial charge in [0.2, 0.25) is 0 Å². The molecule has 18 heavy (non-hydrogen) atoms. The zero-order valence-electron chi connectivity index (χ0n) is 10.0. The lowest BCUT2D eigenvalue weighted by atomic mass is 10.1. The van der Waals surface area contributed by atoms with Gasteiger partial charge >= 0.3 is 0 Å². The number of aryl methyl sites for hydroxylation is 1. The topological polar surface area (TPSA) is 42.4 Å². The molecule has 1 aliphatic rings. The molecule has 1 N–H and O–H groups in total. The Balaban J connectivity index is 1.71. The van der Waals surface area contributed by atoms with E-state index in [0.717, 1.165) is 29.8 Å². The van der Waals surface area contributed by atoms with E-state index in [4.69, 9.17) is 4.74 Å². The van der Waals surface area contributed by atoms with Crippen LogP contribution in [0, 0.1) is 0 Å². The molecule has 2 aromatic rings. The minimum absolute atomic E-state index is 0.301. The molecule has 0 radical (unpaired) electrons. The number of aliphatic hydroxyl groups is 1. The van der Waals surface area contributed by atoms with E-state index in [1.54, 1.807) is 6.20 Å². The quantitative estimate of drug-likeness (QED) is 0.898. The van der Waals surface area contributed by atoms with Gasteiger partial charge in [0, 0.05) is 6.20 Å². The third-order valence-corrected chi connectivity index (χ3v) is 3.27. The molecule has 3 rings (SSSR count). The first-order valence-electron chi connectivity index (χ1n) is 6.16. The van der Waals surface area contributed by atoms with E-state index in [1.165, 1.54) is 5.56 Å². The Kier molecular flexibility index (Phi) is 2.99. The van der Waals surface area contributed by atoms with E-state index < -0.39 is 0 Å². The molecular weight excluding hydrogens is 226 g/mol. The van der Waals surface area contributed by atoms with Gasteiger partial charge in [0.15, 0.2) is 0 Å². The molecule has 1 aromatic heterocycles. The van der Waals surface area contributed by atoms with E-state index in [9.17, 15) is 5.11 Å². The predicted octanol–water partition coefficient (Wildman–Crippen LogP) is 2.64. The average molecular weight is 241 g/mol. The highest BCUT2D eigenvalue weighted by molar-refractivity contribution is 5.39. The number of nitrogens with zero attached hydrogens (tertiary/aromatic N) is 1. The van der Waals surface area contributed by atoms with Crippen LogP contribution in [0.15, 0.2) is 42.6 Å². The number of pyridine rings is 1. The van der Waals surface area contributed by atoms with Crippen molar-refractivity contribution in [3.63, 3.8) is 0 Å². The lowest BCUT2D eigenvalue weighted by Gasteiger charge is -2.08. The van der Waals surface area contributed by atoms with Gasteiger partial charge in [0.05, 0.1) is 11.8 Å². The molecule has 1 aliphatic carbocycles. The second kappa shape index (κ2) is 4.78. The van der Waals surface area contributed by atoms with Gasteiger partial charge in [-0.1, -0.05) is 12.1 Å². The highest BCUT2D eigenvalue weighted by Crippen LogP contribution is 2.33. The first kappa shape index (κ1) is 11.2. The second-order valence-electron chi connectivity index (χ2n) is 4.52. The zero-order valence-corrected chi connectivity index (χ0v) is 10.0. The summed E-state index contributed by atoms with van der Waals surface area (Å²) in [6.07, 6.45) is 3.21. The molecule has 1 atom stereocenters. The van der Waals surface area contributed by atoms with Gasteiger partial charge in [0.25, 0.3) is 0 Å². The fourth-order valence-corrected chi connectivity index (χ4v) is 2.30. The zero-order chi connectivity index (χ0) is 12.4. The normalized spacial score (nSPS) is 17.5. The number of aliphatic hydroxyl groups excluding tert-OH is 1. The fourth-order valence-electron chi connectivity index (χ4n) is 2.30. The van der Waals surface area contributed by atoms with Crippen molar-refractivity contribution in [3.8, 4) is 5.75 Å². The fraction of sp³-hybridized carbons (Fsp3) is 0.267. The highest BCUT2D eigenvalue weighted by atomic mass is 16.5. The van der Waals surface area contributed by atoms with Crippen LogP contribution < -0.4 is 4.74 Å². The average Bonchev–Trinajstić information content (AvgIpc) is 2.79. The van der Waals surface area contributed by atoms with E-state index in [-0.39, 0.29) is 6.10 Å². The SMILES string of the molecule is O[C@@H]1CCc2cc(OCc3ccccn3)ccc21. The van der Waals surface area contributed by atoms with Gasteiger partial charge in [0.1, 0.15) is 12.4 Å². The van der Waals surface area contributed by atoms with Crippen molar-refractivity contribution in [1.29, 1.82) is 0 Å². The van der Waals surface area contributed by atoms with Gasteiger partial charge in [-0.25, -0.2) is 0 Å². The Labute approximate surface area is 106 Å². The molecular formula is C15H15NO2. The van der Waals surface area contributed by atoms with E-state index >= 15 is 0 Å². The van der Waals surface area contributed by atoms with Crippen molar-refractivity contribution in [2.24, 2.45) is 0 Å². The van der Waals surface area contributed by atoms with E-state index in [2.05, 4.69) is 4.98 Å². The molecule has 0 spiro atoms. The number of benzene rings is 1. The predicted molar refractivity (Wildman–Crippen MR) is 68.3 cm³/mol. The van der Waals surface area contributed by atoms with E-state index in [1.807, 2.05) is 36.4 Å². The van der Waals surface area contributed by atoms with Crippen molar-refractivity contribution in [1.82, 2.24) is 4.98 Å². The summed E-state index contributed by atoms with van der Waals surface area (Å²) in [4.78, 5) is 4.21. The summed E-state index contributed by atoms with van der Waals surface area (Å²) in [7, 11) is 0. The van der Waals surface area contributed by atoms with Crippen LogP contribution >= 0.6 is 0 Å². The smallest absolute Gasteiger partial charge is 0.130 e.